The topological polar surface area (TPSA) is 90.0 Å². The van der Waals surface area contributed by atoms with Gasteiger partial charge in [-0.05, 0) is 12.1 Å². The fourth-order valence-electron chi connectivity index (χ4n) is 1.61. The quantitative estimate of drug-likeness (QED) is 0.841. The van der Waals surface area contributed by atoms with Crippen molar-refractivity contribution in [3.05, 3.63) is 42.4 Å². The van der Waals surface area contributed by atoms with Gasteiger partial charge < -0.3 is 15.6 Å². The number of imidazole rings is 1. The molecule has 2 amide bonds. The molecular weight excluding hydrogens is 232 g/mol. The summed E-state index contributed by atoms with van der Waals surface area (Å²) in [5.74, 6) is -0.300. The van der Waals surface area contributed by atoms with Gasteiger partial charge in [0.2, 0.25) is 5.91 Å². The summed E-state index contributed by atoms with van der Waals surface area (Å²) in [4.78, 5) is 26.2. The van der Waals surface area contributed by atoms with Crippen molar-refractivity contribution in [1.82, 2.24) is 9.55 Å². The second-order valence-corrected chi connectivity index (χ2v) is 3.73. The second-order valence-electron chi connectivity index (χ2n) is 3.73. The molecule has 0 saturated carbocycles. The van der Waals surface area contributed by atoms with Crippen LogP contribution in [0.3, 0.4) is 0 Å². The molecule has 0 unspecified atom stereocenters. The Kier molecular flexibility index (Phi) is 3.09. The number of amides is 2. The third kappa shape index (κ3) is 2.37. The molecule has 0 aliphatic rings. The number of para-hydroxylation sites is 1. The first-order chi connectivity index (χ1) is 8.58. The number of hydrogen-bond donors (Lipinski definition) is 2. The lowest BCUT2D eigenvalue weighted by Crippen LogP contribution is -2.14. The molecule has 1 heterocycles. The number of benzene rings is 1. The zero-order valence-corrected chi connectivity index (χ0v) is 9.75. The monoisotopic (exact) mass is 244 g/mol. The van der Waals surface area contributed by atoms with E-state index in [2.05, 4.69) is 10.3 Å². The van der Waals surface area contributed by atoms with Crippen LogP contribution in [0.1, 0.15) is 17.3 Å². The van der Waals surface area contributed by atoms with Gasteiger partial charge in [0.25, 0.3) is 5.91 Å². The van der Waals surface area contributed by atoms with E-state index in [-0.39, 0.29) is 5.91 Å². The van der Waals surface area contributed by atoms with Crippen molar-refractivity contribution in [2.75, 3.05) is 5.32 Å². The molecule has 1 aromatic carbocycles. The van der Waals surface area contributed by atoms with Gasteiger partial charge in [0.15, 0.2) is 5.82 Å². The minimum absolute atomic E-state index is 0.205. The molecule has 0 bridgehead atoms. The van der Waals surface area contributed by atoms with Crippen LogP contribution in [0.4, 0.5) is 5.82 Å². The average molecular weight is 244 g/mol. The summed E-state index contributed by atoms with van der Waals surface area (Å²) in [5, 5.41) is 2.56. The number of anilines is 1. The number of hydrogen-bond acceptors (Lipinski definition) is 3. The van der Waals surface area contributed by atoms with Crippen LogP contribution in [0.15, 0.2) is 36.8 Å². The predicted octanol–water partition coefficient (Wildman–Crippen LogP) is 0.930. The van der Waals surface area contributed by atoms with E-state index in [0.29, 0.717) is 17.1 Å². The normalized spacial score (nSPS) is 10.1. The van der Waals surface area contributed by atoms with E-state index < -0.39 is 5.91 Å². The van der Waals surface area contributed by atoms with Gasteiger partial charge in [-0.2, -0.15) is 0 Å². The zero-order valence-electron chi connectivity index (χ0n) is 9.75. The number of nitrogens with two attached hydrogens (primary N) is 1. The molecule has 3 N–H and O–H groups in total. The molecule has 0 saturated heterocycles. The van der Waals surface area contributed by atoms with Crippen LogP contribution >= 0.6 is 0 Å². The lowest BCUT2D eigenvalue weighted by atomic mass is 10.1. The molecule has 6 nitrogen and oxygen atoms in total. The molecule has 2 rings (SSSR count). The Morgan fingerprint density at radius 1 is 1.33 bits per heavy atom. The van der Waals surface area contributed by atoms with E-state index in [1.54, 1.807) is 35.0 Å². The highest BCUT2D eigenvalue weighted by atomic mass is 16.1. The zero-order chi connectivity index (χ0) is 13.1. The minimum Gasteiger partial charge on any atom is -0.366 e. The van der Waals surface area contributed by atoms with Crippen LogP contribution in [-0.4, -0.2) is 21.4 Å². The highest BCUT2D eigenvalue weighted by Gasteiger charge is 2.09. The molecule has 1 aromatic heterocycles. The lowest BCUT2D eigenvalue weighted by Gasteiger charge is -2.06. The number of nitrogens with zero attached hydrogens (tertiary/aromatic N) is 2. The predicted molar refractivity (Wildman–Crippen MR) is 66.4 cm³/mol. The van der Waals surface area contributed by atoms with E-state index in [1.807, 2.05) is 0 Å². The van der Waals surface area contributed by atoms with Crippen LogP contribution in [-0.2, 0) is 4.79 Å². The Balaban J connectivity index is 2.40. The van der Waals surface area contributed by atoms with Gasteiger partial charge in [0.05, 0.1) is 17.4 Å². The summed E-state index contributed by atoms with van der Waals surface area (Å²) >= 11 is 0. The van der Waals surface area contributed by atoms with Crippen LogP contribution in [0.5, 0.6) is 0 Å². The Hall–Kier alpha value is -2.63. The van der Waals surface area contributed by atoms with Crippen molar-refractivity contribution in [1.29, 1.82) is 0 Å². The number of primary amides is 1. The number of aromatic nitrogens is 2. The van der Waals surface area contributed by atoms with Gasteiger partial charge in [-0.25, -0.2) is 4.98 Å². The van der Waals surface area contributed by atoms with Crippen LogP contribution in [0.25, 0.3) is 5.69 Å². The molecule has 6 heteroatoms. The SMILES string of the molecule is CC(=O)Nc1cn(-c2ccccc2C(N)=O)cn1. The lowest BCUT2D eigenvalue weighted by molar-refractivity contribution is -0.114. The third-order valence-electron chi connectivity index (χ3n) is 2.33. The maximum absolute atomic E-state index is 11.3. The Morgan fingerprint density at radius 2 is 2.06 bits per heavy atom. The molecule has 0 atom stereocenters. The molecule has 18 heavy (non-hydrogen) atoms. The highest BCUT2D eigenvalue weighted by Crippen LogP contribution is 2.15. The average Bonchev–Trinajstić information content (AvgIpc) is 2.76. The maximum Gasteiger partial charge on any atom is 0.250 e. The van der Waals surface area contributed by atoms with Crippen molar-refractivity contribution in [3.8, 4) is 5.69 Å². The second kappa shape index (κ2) is 4.70. The maximum atomic E-state index is 11.3. The van der Waals surface area contributed by atoms with Crippen molar-refractivity contribution in [2.24, 2.45) is 5.73 Å². The van der Waals surface area contributed by atoms with E-state index in [4.69, 9.17) is 5.73 Å². The summed E-state index contributed by atoms with van der Waals surface area (Å²) in [6.07, 6.45) is 3.12. The Morgan fingerprint density at radius 3 is 2.72 bits per heavy atom. The smallest absolute Gasteiger partial charge is 0.250 e. The van der Waals surface area contributed by atoms with Gasteiger partial charge in [-0.15, -0.1) is 0 Å². The summed E-state index contributed by atoms with van der Waals surface area (Å²) in [7, 11) is 0. The van der Waals surface area contributed by atoms with Crippen LogP contribution in [0.2, 0.25) is 0 Å². The van der Waals surface area contributed by atoms with Gasteiger partial charge in [0.1, 0.15) is 6.33 Å². The number of carbonyl (C=O) groups excluding carboxylic acids is 2. The summed E-state index contributed by atoms with van der Waals surface area (Å²) in [6.45, 7) is 1.40. The first-order valence-electron chi connectivity index (χ1n) is 5.28. The molecular formula is C12H12N4O2. The third-order valence-corrected chi connectivity index (χ3v) is 2.33. The first kappa shape index (κ1) is 11.8. The molecule has 92 valence electrons. The van der Waals surface area contributed by atoms with Gasteiger partial charge >= 0.3 is 0 Å². The molecule has 0 spiro atoms. The van der Waals surface area contributed by atoms with E-state index in [1.165, 1.54) is 13.3 Å². The standard InChI is InChI=1S/C12H12N4O2/c1-8(17)15-11-6-16(7-14-11)10-5-3-2-4-9(10)12(13)18/h2-7H,1H3,(H2,13,18)(H,15,17). The summed E-state index contributed by atoms with van der Waals surface area (Å²) < 4.78 is 1.63. The van der Waals surface area contributed by atoms with Gasteiger partial charge in [0, 0.05) is 6.92 Å². The van der Waals surface area contributed by atoms with Crippen molar-refractivity contribution in [2.45, 2.75) is 6.92 Å². The van der Waals surface area contributed by atoms with E-state index in [0.717, 1.165) is 0 Å². The van der Waals surface area contributed by atoms with Gasteiger partial charge in [-0.3, -0.25) is 9.59 Å². The summed E-state index contributed by atoms with van der Waals surface area (Å²) in [5.41, 5.74) is 6.31. The highest BCUT2D eigenvalue weighted by molar-refractivity contribution is 5.96. The number of rotatable bonds is 3. The fourth-order valence-corrected chi connectivity index (χ4v) is 1.61. The molecule has 0 fully saturated rings. The van der Waals surface area contributed by atoms with Crippen LogP contribution in [0, 0.1) is 0 Å². The van der Waals surface area contributed by atoms with Crippen molar-refractivity contribution >= 4 is 17.6 Å². The number of carbonyl (C=O) groups is 2. The van der Waals surface area contributed by atoms with Crippen molar-refractivity contribution in [3.63, 3.8) is 0 Å². The first-order valence-corrected chi connectivity index (χ1v) is 5.28. The van der Waals surface area contributed by atoms with Crippen molar-refractivity contribution < 1.29 is 9.59 Å². The van der Waals surface area contributed by atoms with Crippen LogP contribution < -0.4 is 11.1 Å². The minimum atomic E-state index is -0.514. The largest absolute Gasteiger partial charge is 0.366 e. The van der Waals surface area contributed by atoms with Gasteiger partial charge in [-0.1, -0.05) is 12.1 Å². The Bertz CT molecular complexity index is 604. The van der Waals surface area contributed by atoms with E-state index in [9.17, 15) is 9.59 Å². The fraction of sp³-hybridized carbons (Fsp3) is 0.0833. The molecule has 0 aliphatic carbocycles. The molecule has 0 radical (unpaired) electrons. The molecule has 2 aromatic rings. The number of nitrogens with one attached hydrogen (secondary N) is 1. The Labute approximate surface area is 103 Å². The molecule has 0 aliphatic heterocycles. The summed E-state index contributed by atoms with van der Waals surface area (Å²) in [6, 6.07) is 6.91. The van der Waals surface area contributed by atoms with E-state index >= 15 is 0 Å².